The number of carbonyl (C=O) groups is 4. The molecule has 12 heteroatoms. The number of rotatable bonds is 5. The third-order valence-corrected chi connectivity index (χ3v) is 9.77. The van der Waals surface area contributed by atoms with Crippen LogP contribution in [0.5, 0.6) is 0 Å². The fourth-order valence-electron chi connectivity index (χ4n) is 5.35. The van der Waals surface area contributed by atoms with E-state index in [1.54, 1.807) is 0 Å². The van der Waals surface area contributed by atoms with Crippen LogP contribution in [0.15, 0.2) is 12.2 Å². The molecule has 38 heavy (non-hydrogen) atoms. The van der Waals surface area contributed by atoms with Crippen LogP contribution in [-0.4, -0.2) is 77.1 Å². The van der Waals surface area contributed by atoms with E-state index in [-0.39, 0.29) is 18.3 Å². The molecule has 0 spiro atoms. The third-order valence-electron chi connectivity index (χ3n) is 7.95. The second kappa shape index (κ2) is 10.6. The van der Waals surface area contributed by atoms with Crippen molar-refractivity contribution < 1.29 is 32.7 Å². The van der Waals surface area contributed by atoms with Gasteiger partial charge in [-0.1, -0.05) is 31.9 Å². The van der Waals surface area contributed by atoms with Crippen LogP contribution >= 0.6 is 0 Å². The average Bonchev–Trinajstić information content (AvgIpc) is 3.74. The van der Waals surface area contributed by atoms with Crippen molar-refractivity contribution in [3.8, 4) is 0 Å². The molecule has 2 aliphatic carbocycles. The molecule has 4 amide bonds. The highest BCUT2D eigenvalue weighted by Crippen LogP contribution is 2.46. The molecule has 2 heterocycles. The lowest BCUT2D eigenvalue weighted by molar-refractivity contribution is -0.145. The first-order valence-electron chi connectivity index (χ1n) is 13.6. The summed E-state index contributed by atoms with van der Waals surface area (Å²) < 4.78 is 27.2. The van der Waals surface area contributed by atoms with E-state index in [4.69, 9.17) is 0 Å². The predicted molar refractivity (Wildman–Crippen MR) is 139 cm³/mol. The summed E-state index contributed by atoms with van der Waals surface area (Å²) in [5.74, 6) is -2.65. The highest BCUT2D eigenvalue weighted by molar-refractivity contribution is 7.91. The molecular formula is C26H40N4O7S. The van der Waals surface area contributed by atoms with E-state index >= 15 is 0 Å². The monoisotopic (exact) mass is 552 g/mol. The standard InChI is InChI=1S/C26H40N4O7S/c1-16-13-20-21(31)28-26(24(34)29-38(36,37)18-11-12-18)14-17(26)9-7-5-4-6-8-10-19(22(32)30(20)15-16)27-23(33)25(2,3)35/h7,9,16-20,35H,4-6,8,10-15H2,1-3H3,(H,27,33)(H,28,31)(H,29,34)/b9-7-/t16-,17-,19+,20+,26-/m1/s1. The number of hydrogen-bond acceptors (Lipinski definition) is 7. The lowest BCUT2D eigenvalue weighted by Gasteiger charge is -2.31. The maximum absolute atomic E-state index is 13.7. The number of hydrogen-bond donors (Lipinski definition) is 4. The largest absolute Gasteiger partial charge is 0.381 e. The average molecular weight is 553 g/mol. The molecular weight excluding hydrogens is 512 g/mol. The number of fused-ring (bicyclic) bond motifs is 2. The molecule has 11 nitrogen and oxygen atoms in total. The van der Waals surface area contributed by atoms with Gasteiger partial charge < -0.3 is 20.6 Å². The number of carbonyl (C=O) groups excluding carboxylic acids is 4. The van der Waals surface area contributed by atoms with Crippen LogP contribution in [0.25, 0.3) is 0 Å². The normalized spacial score (nSPS) is 33.6. The van der Waals surface area contributed by atoms with Crippen molar-refractivity contribution in [1.29, 1.82) is 0 Å². The topological polar surface area (TPSA) is 162 Å². The molecule has 0 aromatic carbocycles. The zero-order valence-corrected chi connectivity index (χ0v) is 23.2. The Morgan fingerprint density at radius 2 is 1.87 bits per heavy atom. The van der Waals surface area contributed by atoms with Gasteiger partial charge in [0.15, 0.2) is 0 Å². The van der Waals surface area contributed by atoms with E-state index in [2.05, 4.69) is 15.4 Å². The van der Waals surface area contributed by atoms with Crippen LogP contribution in [0.4, 0.5) is 0 Å². The molecule has 1 saturated heterocycles. The highest BCUT2D eigenvalue weighted by Gasteiger charge is 2.62. The number of nitrogens with zero attached hydrogens (tertiary/aromatic N) is 1. The Morgan fingerprint density at radius 3 is 2.53 bits per heavy atom. The molecule has 0 bridgehead atoms. The number of allylic oxidation sites excluding steroid dienone is 1. The summed E-state index contributed by atoms with van der Waals surface area (Å²) in [4.78, 5) is 54.5. The first-order chi connectivity index (χ1) is 17.7. The van der Waals surface area contributed by atoms with Gasteiger partial charge in [-0.25, -0.2) is 8.42 Å². The summed E-state index contributed by atoms with van der Waals surface area (Å²) in [7, 11) is -3.80. The summed E-state index contributed by atoms with van der Waals surface area (Å²) in [6.07, 6.45) is 8.89. The van der Waals surface area contributed by atoms with Crippen LogP contribution in [0.2, 0.25) is 0 Å². The Labute approximate surface area is 224 Å². The highest BCUT2D eigenvalue weighted by atomic mass is 32.2. The van der Waals surface area contributed by atoms with Gasteiger partial charge in [-0.2, -0.15) is 0 Å². The van der Waals surface area contributed by atoms with Gasteiger partial charge in [-0.15, -0.1) is 0 Å². The van der Waals surface area contributed by atoms with Crippen LogP contribution < -0.4 is 15.4 Å². The summed E-state index contributed by atoms with van der Waals surface area (Å²) in [5, 5.41) is 15.0. The lowest BCUT2D eigenvalue weighted by atomic mass is 10.0. The predicted octanol–water partition coefficient (Wildman–Crippen LogP) is 0.483. The molecule has 5 atom stereocenters. The first kappa shape index (κ1) is 28.5. The van der Waals surface area contributed by atoms with Gasteiger partial charge in [0.2, 0.25) is 21.8 Å². The van der Waals surface area contributed by atoms with E-state index in [9.17, 15) is 32.7 Å². The van der Waals surface area contributed by atoms with E-state index in [0.29, 0.717) is 38.6 Å². The molecule has 4 aliphatic rings. The lowest BCUT2D eigenvalue weighted by Crippen LogP contribution is -2.59. The Hall–Kier alpha value is -2.47. The van der Waals surface area contributed by atoms with E-state index in [1.807, 2.05) is 19.1 Å². The van der Waals surface area contributed by atoms with Gasteiger partial charge in [-0.05, 0) is 64.7 Å². The first-order valence-corrected chi connectivity index (χ1v) is 15.2. The van der Waals surface area contributed by atoms with Crippen molar-refractivity contribution in [3.05, 3.63) is 12.2 Å². The number of nitrogens with one attached hydrogen (secondary N) is 3. The van der Waals surface area contributed by atoms with Crippen LogP contribution in [0, 0.1) is 11.8 Å². The Morgan fingerprint density at radius 1 is 1.16 bits per heavy atom. The minimum Gasteiger partial charge on any atom is -0.381 e. The molecule has 0 unspecified atom stereocenters. The van der Waals surface area contributed by atoms with E-state index < -0.39 is 62.1 Å². The van der Waals surface area contributed by atoms with Gasteiger partial charge in [0, 0.05) is 12.5 Å². The minimum absolute atomic E-state index is 0.00846. The van der Waals surface area contributed by atoms with Gasteiger partial charge in [0.05, 0.1) is 5.25 Å². The zero-order valence-electron chi connectivity index (χ0n) is 22.4. The second-order valence-electron chi connectivity index (χ2n) is 11.9. The molecule has 0 aromatic rings. The van der Waals surface area contributed by atoms with Crippen molar-refractivity contribution in [3.63, 3.8) is 0 Å². The summed E-state index contributed by atoms with van der Waals surface area (Å²) in [6, 6.07) is -1.76. The van der Waals surface area contributed by atoms with E-state index in [1.165, 1.54) is 18.7 Å². The SMILES string of the molecule is C[C@@H]1C[C@H]2C(=O)N[C@]3(C(=O)NS(=O)(=O)C4CC4)C[C@H]3/C=C\CCCCC[C@H](NC(=O)C(C)(C)O)C(=O)N2C1. The molecule has 4 N–H and O–H groups in total. The number of sulfonamides is 1. The molecule has 3 fully saturated rings. The molecule has 4 rings (SSSR count). The van der Waals surface area contributed by atoms with Crippen LogP contribution in [0.3, 0.4) is 0 Å². The maximum Gasteiger partial charge on any atom is 0.259 e. The summed E-state index contributed by atoms with van der Waals surface area (Å²) in [6.45, 7) is 4.92. The minimum atomic E-state index is -3.80. The Bertz CT molecular complexity index is 1110. The summed E-state index contributed by atoms with van der Waals surface area (Å²) in [5.41, 5.74) is -3.05. The van der Waals surface area contributed by atoms with Gasteiger partial charge in [0.1, 0.15) is 23.2 Å². The maximum atomic E-state index is 13.7. The van der Waals surface area contributed by atoms with Crippen molar-refractivity contribution in [2.24, 2.45) is 11.8 Å². The molecule has 2 saturated carbocycles. The molecule has 0 aromatic heterocycles. The van der Waals surface area contributed by atoms with Crippen molar-refractivity contribution in [1.82, 2.24) is 20.3 Å². The van der Waals surface area contributed by atoms with Crippen molar-refractivity contribution in [2.75, 3.05) is 6.54 Å². The Kier molecular flexibility index (Phi) is 7.96. The second-order valence-corrected chi connectivity index (χ2v) is 13.9. The summed E-state index contributed by atoms with van der Waals surface area (Å²) >= 11 is 0. The number of aliphatic hydroxyl groups is 1. The molecule has 212 valence electrons. The van der Waals surface area contributed by atoms with Crippen molar-refractivity contribution in [2.45, 2.75) is 107 Å². The quantitative estimate of drug-likeness (QED) is 0.361. The van der Waals surface area contributed by atoms with Gasteiger partial charge in [0.25, 0.3) is 11.8 Å². The third kappa shape index (κ3) is 6.22. The fraction of sp³-hybridized carbons (Fsp3) is 0.769. The van der Waals surface area contributed by atoms with Gasteiger partial charge >= 0.3 is 0 Å². The fourth-order valence-corrected chi connectivity index (χ4v) is 6.71. The number of amides is 4. The van der Waals surface area contributed by atoms with E-state index in [0.717, 1.165) is 19.3 Å². The molecule has 2 aliphatic heterocycles. The molecule has 0 radical (unpaired) electrons. The Balaban J connectivity index is 1.59. The van der Waals surface area contributed by atoms with Crippen molar-refractivity contribution >= 4 is 33.7 Å². The smallest absolute Gasteiger partial charge is 0.259 e. The van der Waals surface area contributed by atoms with Crippen LogP contribution in [0.1, 0.15) is 78.6 Å². The van der Waals surface area contributed by atoms with Crippen LogP contribution in [-0.2, 0) is 29.2 Å². The zero-order chi connectivity index (χ0) is 27.9. The van der Waals surface area contributed by atoms with Gasteiger partial charge in [-0.3, -0.25) is 23.9 Å².